The van der Waals surface area contributed by atoms with Crippen LogP contribution in [0.15, 0.2) is 0 Å². The van der Waals surface area contributed by atoms with Gasteiger partial charge < -0.3 is 5.32 Å². The Hall–Kier alpha value is -0.410. The van der Waals surface area contributed by atoms with Crippen LogP contribution in [-0.4, -0.2) is 12.0 Å². The summed E-state index contributed by atoms with van der Waals surface area (Å²) in [6, 6.07) is 0. The lowest BCUT2D eigenvalue weighted by atomic mass is 9.90. The molecule has 1 saturated carbocycles. The van der Waals surface area contributed by atoms with Gasteiger partial charge in [0.2, 0.25) is 0 Å². The molecule has 3 heteroatoms. The van der Waals surface area contributed by atoms with Gasteiger partial charge in [-0.1, -0.05) is 26.2 Å². The summed E-state index contributed by atoms with van der Waals surface area (Å²) in [7, 11) is 2.15. The molecule has 2 atom stereocenters. The van der Waals surface area contributed by atoms with Crippen LogP contribution in [0.4, 0.5) is 0 Å². The molecule has 0 saturated heterocycles. The van der Waals surface area contributed by atoms with E-state index in [2.05, 4.69) is 19.3 Å². The number of hydrogen-bond acceptors (Lipinski definition) is 3. The zero-order valence-corrected chi connectivity index (χ0v) is 13.8. The predicted octanol–water partition coefficient (Wildman–Crippen LogP) is 4.43. The number of fused-ring (bicyclic) bond motifs is 1. The molecule has 2 nitrogen and oxygen atoms in total. The molecular weight excluding hydrogens is 264 g/mol. The molecular formula is C17H28N2S. The number of nitrogens with zero attached hydrogens (tertiary/aromatic N) is 1. The maximum Gasteiger partial charge on any atom is 0.113 e. The average molecular weight is 292 g/mol. The summed E-state index contributed by atoms with van der Waals surface area (Å²) in [5.41, 5.74) is 1.59. The molecule has 1 N–H and O–H groups in total. The molecule has 2 unspecified atom stereocenters. The van der Waals surface area contributed by atoms with Gasteiger partial charge in [0.15, 0.2) is 0 Å². The van der Waals surface area contributed by atoms with Gasteiger partial charge in [-0.3, -0.25) is 0 Å². The first kappa shape index (κ1) is 14.5. The van der Waals surface area contributed by atoms with Crippen molar-refractivity contribution in [2.75, 3.05) is 7.05 Å². The highest BCUT2D eigenvalue weighted by molar-refractivity contribution is 7.11. The molecule has 2 aliphatic rings. The Balaban J connectivity index is 1.86. The molecule has 20 heavy (non-hydrogen) atoms. The van der Waals surface area contributed by atoms with Gasteiger partial charge in [-0.2, -0.15) is 0 Å². The van der Waals surface area contributed by atoms with E-state index in [1.807, 2.05) is 11.3 Å². The molecule has 0 spiro atoms. The molecule has 1 fully saturated rings. The van der Waals surface area contributed by atoms with Gasteiger partial charge >= 0.3 is 0 Å². The van der Waals surface area contributed by atoms with Gasteiger partial charge in [0.25, 0.3) is 0 Å². The number of aromatic nitrogens is 1. The van der Waals surface area contributed by atoms with Crippen LogP contribution in [-0.2, 0) is 18.4 Å². The van der Waals surface area contributed by atoms with Gasteiger partial charge in [-0.15, -0.1) is 11.3 Å². The lowest BCUT2D eigenvalue weighted by Crippen LogP contribution is -2.39. The quantitative estimate of drug-likeness (QED) is 0.834. The van der Waals surface area contributed by atoms with Crippen molar-refractivity contribution in [2.45, 2.75) is 76.7 Å². The summed E-state index contributed by atoms with van der Waals surface area (Å²) < 4.78 is 0. The van der Waals surface area contributed by atoms with Crippen LogP contribution < -0.4 is 5.32 Å². The second kappa shape index (κ2) is 6.15. The minimum atomic E-state index is 0.173. The minimum absolute atomic E-state index is 0.173. The first-order valence-electron chi connectivity index (χ1n) is 8.45. The smallest absolute Gasteiger partial charge is 0.113 e. The third kappa shape index (κ3) is 2.67. The van der Waals surface area contributed by atoms with Gasteiger partial charge in [0.05, 0.1) is 11.2 Å². The van der Waals surface area contributed by atoms with Crippen LogP contribution in [0.1, 0.15) is 73.9 Å². The van der Waals surface area contributed by atoms with E-state index in [0.29, 0.717) is 0 Å². The molecule has 1 aromatic rings. The van der Waals surface area contributed by atoms with E-state index < -0.39 is 0 Å². The molecule has 0 aliphatic heterocycles. The molecule has 0 bridgehead atoms. The van der Waals surface area contributed by atoms with Crippen molar-refractivity contribution in [1.29, 1.82) is 0 Å². The highest BCUT2D eigenvalue weighted by Crippen LogP contribution is 2.41. The van der Waals surface area contributed by atoms with Crippen LogP contribution >= 0.6 is 11.3 Å². The first-order chi connectivity index (χ1) is 9.77. The Morgan fingerprint density at radius 1 is 1.20 bits per heavy atom. The molecule has 0 aromatic carbocycles. The van der Waals surface area contributed by atoms with Crippen LogP contribution in [0.25, 0.3) is 0 Å². The van der Waals surface area contributed by atoms with Gasteiger partial charge in [0.1, 0.15) is 5.01 Å². The Morgan fingerprint density at radius 3 is 2.80 bits per heavy atom. The molecule has 0 radical (unpaired) electrons. The number of rotatable bonds is 3. The molecule has 0 amide bonds. The number of aryl methyl sites for hydroxylation is 2. The standard InChI is InChI=1S/C17H28N2S/c1-3-13-7-6-11-17(18-2,12-10-13)16-19-14-8-4-5-9-15(14)20-16/h13,18H,3-12H2,1-2H3. The summed E-state index contributed by atoms with van der Waals surface area (Å²) in [6.45, 7) is 2.35. The molecule has 2 aliphatic carbocycles. The first-order valence-corrected chi connectivity index (χ1v) is 9.27. The van der Waals surface area contributed by atoms with Crippen molar-refractivity contribution >= 4 is 11.3 Å². The van der Waals surface area contributed by atoms with Crippen molar-refractivity contribution in [3.63, 3.8) is 0 Å². The van der Waals surface area contributed by atoms with E-state index in [1.165, 1.54) is 74.9 Å². The second-order valence-corrected chi connectivity index (χ2v) is 7.72. The van der Waals surface area contributed by atoms with Gasteiger partial charge in [-0.25, -0.2) is 4.98 Å². The largest absolute Gasteiger partial charge is 0.308 e. The summed E-state index contributed by atoms with van der Waals surface area (Å²) in [6.07, 6.45) is 13.2. The van der Waals surface area contributed by atoms with E-state index in [9.17, 15) is 0 Å². The maximum atomic E-state index is 5.07. The fourth-order valence-electron chi connectivity index (χ4n) is 3.95. The maximum absolute atomic E-state index is 5.07. The van der Waals surface area contributed by atoms with Crippen LogP contribution in [0.5, 0.6) is 0 Å². The van der Waals surface area contributed by atoms with Crippen molar-refractivity contribution in [2.24, 2.45) is 5.92 Å². The highest BCUT2D eigenvalue weighted by Gasteiger charge is 2.36. The number of nitrogens with one attached hydrogen (secondary N) is 1. The fraction of sp³-hybridized carbons (Fsp3) is 0.824. The lowest BCUT2D eigenvalue weighted by molar-refractivity contribution is 0.305. The predicted molar refractivity (Wildman–Crippen MR) is 86.4 cm³/mol. The normalized spacial score (nSPS) is 30.8. The number of thiazole rings is 1. The SMILES string of the molecule is CCC1CCCC(NC)(c2nc3c(s2)CCCC3)CC1. The Bertz CT molecular complexity index is 430. The summed E-state index contributed by atoms with van der Waals surface area (Å²) >= 11 is 2.01. The van der Waals surface area contributed by atoms with E-state index in [1.54, 1.807) is 4.88 Å². The van der Waals surface area contributed by atoms with Crippen molar-refractivity contribution in [3.05, 3.63) is 15.6 Å². The van der Waals surface area contributed by atoms with Crippen LogP contribution in [0, 0.1) is 5.92 Å². The van der Waals surface area contributed by atoms with E-state index >= 15 is 0 Å². The Morgan fingerprint density at radius 2 is 2.05 bits per heavy atom. The highest BCUT2D eigenvalue weighted by atomic mass is 32.1. The Kier molecular flexibility index (Phi) is 4.46. The minimum Gasteiger partial charge on any atom is -0.308 e. The summed E-state index contributed by atoms with van der Waals surface area (Å²) in [5.74, 6) is 0.930. The monoisotopic (exact) mass is 292 g/mol. The van der Waals surface area contributed by atoms with E-state index in [0.717, 1.165) is 5.92 Å². The van der Waals surface area contributed by atoms with E-state index in [4.69, 9.17) is 4.98 Å². The van der Waals surface area contributed by atoms with E-state index in [-0.39, 0.29) is 5.54 Å². The zero-order chi connectivity index (χ0) is 14.0. The molecule has 3 rings (SSSR count). The van der Waals surface area contributed by atoms with Gasteiger partial charge in [0, 0.05) is 4.88 Å². The Labute approximate surface area is 127 Å². The van der Waals surface area contributed by atoms with Crippen LogP contribution in [0.3, 0.4) is 0 Å². The molecule has 112 valence electrons. The molecule has 1 aromatic heterocycles. The summed E-state index contributed by atoms with van der Waals surface area (Å²) in [5, 5.41) is 5.07. The van der Waals surface area contributed by atoms with Crippen molar-refractivity contribution in [3.8, 4) is 0 Å². The van der Waals surface area contributed by atoms with Crippen LogP contribution in [0.2, 0.25) is 0 Å². The average Bonchev–Trinajstić information content (AvgIpc) is 2.81. The topological polar surface area (TPSA) is 24.9 Å². The second-order valence-electron chi connectivity index (χ2n) is 6.63. The molecule has 1 heterocycles. The van der Waals surface area contributed by atoms with Crippen molar-refractivity contribution < 1.29 is 0 Å². The van der Waals surface area contributed by atoms with Gasteiger partial charge in [-0.05, 0) is 57.9 Å². The lowest BCUT2D eigenvalue weighted by Gasteiger charge is -2.30. The third-order valence-electron chi connectivity index (χ3n) is 5.51. The zero-order valence-electron chi connectivity index (χ0n) is 13.0. The van der Waals surface area contributed by atoms with Crippen molar-refractivity contribution in [1.82, 2.24) is 10.3 Å². The summed E-state index contributed by atoms with van der Waals surface area (Å²) in [4.78, 5) is 6.65. The third-order valence-corrected chi connectivity index (χ3v) is 6.87. The number of hydrogen-bond donors (Lipinski definition) is 1. The fourth-order valence-corrected chi connectivity index (χ4v) is 5.35.